The van der Waals surface area contributed by atoms with Gasteiger partial charge in [-0.15, -0.1) is 11.3 Å². The largest absolute Gasteiger partial charge is 0.489 e. The Kier molecular flexibility index (Phi) is 6.65. The maximum absolute atomic E-state index is 13.1. The first-order valence-corrected chi connectivity index (χ1v) is 12.7. The molecular weight excluding hydrogens is 444 g/mol. The molecule has 6 nitrogen and oxygen atoms in total. The van der Waals surface area contributed by atoms with E-state index in [2.05, 4.69) is 54.3 Å². The van der Waals surface area contributed by atoms with Crippen molar-refractivity contribution in [2.45, 2.75) is 33.5 Å². The summed E-state index contributed by atoms with van der Waals surface area (Å²) in [7, 11) is 0. The number of fused-ring (bicyclic) bond motifs is 1. The fourth-order valence-electron chi connectivity index (χ4n) is 4.37. The molecule has 1 saturated heterocycles. The maximum Gasteiger partial charge on any atom is 0.264 e. The smallest absolute Gasteiger partial charge is 0.264 e. The summed E-state index contributed by atoms with van der Waals surface area (Å²) in [5.41, 5.74) is 3.40. The SMILES string of the molecule is CCn1cc(CN2CCN(C(=O)c3cc(COc4ccc5ccccc5c4)cs3)CC2)c(C)n1. The molecule has 34 heavy (non-hydrogen) atoms. The lowest BCUT2D eigenvalue weighted by molar-refractivity contribution is 0.0633. The third kappa shape index (κ3) is 5.00. The number of rotatable bonds is 7. The first-order valence-electron chi connectivity index (χ1n) is 11.8. The number of ether oxygens (including phenoxy) is 1. The molecule has 2 aromatic heterocycles. The predicted molar refractivity (Wildman–Crippen MR) is 136 cm³/mol. The Morgan fingerprint density at radius 1 is 1.06 bits per heavy atom. The van der Waals surface area contributed by atoms with E-state index in [9.17, 15) is 4.79 Å². The molecule has 0 saturated carbocycles. The van der Waals surface area contributed by atoms with E-state index in [-0.39, 0.29) is 5.91 Å². The minimum atomic E-state index is 0.122. The number of benzene rings is 2. The van der Waals surface area contributed by atoms with Crippen molar-refractivity contribution in [1.82, 2.24) is 19.6 Å². The molecule has 1 fully saturated rings. The molecule has 176 valence electrons. The van der Waals surface area contributed by atoms with E-state index in [1.54, 1.807) is 0 Å². The molecule has 0 aliphatic carbocycles. The molecule has 5 rings (SSSR count). The number of aryl methyl sites for hydroxylation is 2. The van der Waals surface area contributed by atoms with E-state index in [4.69, 9.17) is 4.74 Å². The highest BCUT2D eigenvalue weighted by Crippen LogP contribution is 2.23. The fourth-order valence-corrected chi connectivity index (χ4v) is 5.23. The van der Waals surface area contributed by atoms with Gasteiger partial charge >= 0.3 is 0 Å². The van der Waals surface area contributed by atoms with Crippen LogP contribution in [0.2, 0.25) is 0 Å². The lowest BCUT2D eigenvalue weighted by atomic mass is 10.1. The van der Waals surface area contributed by atoms with Gasteiger partial charge in [-0.3, -0.25) is 14.4 Å². The van der Waals surface area contributed by atoms with Gasteiger partial charge < -0.3 is 9.64 Å². The Morgan fingerprint density at radius 2 is 1.85 bits per heavy atom. The van der Waals surface area contributed by atoms with Gasteiger partial charge in [0.1, 0.15) is 12.4 Å². The molecule has 0 spiro atoms. The highest BCUT2D eigenvalue weighted by atomic mass is 32.1. The average molecular weight is 475 g/mol. The van der Waals surface area contributed by atoms with E-state index in [0.29, 0.717) is 6.61 Å². The van der Waals surface area contributed by atoms with Crippen LogP contribution in [0.4, 0.5) is 0 Å². The highest BCUT2D eigenvalue weighted by Gasteiger charge is 2.24. The molecule has 0 N–H and O–H groups in total. The third-order valence-electron chi connectivity index (χ3n) is 6.42. The van der Waals surface area contributed by atoms with Crippen LogP contribution in [0, 0.1) is 6.92 Å². The molecule has 0 bridgehead atoms. The van der Waals surface area contributed by atoms with Gasteiger partial charge in [0.25, 0.3) is 5.91 Å². The summed E-state index contributed by atoms with van der Waals surface area (Å²) in [5.74, 6) is 0.963. The first kappa shape index (κ1) is 22.6. The molecule has 3 heterocycles. The van der Waals surface area contributed by atoms with Gasteiger partial charge in [-0.05, 0) is 48.2 Å². The number of aromatic nitrogens is 2. The quantitative estimate of drug-likeness (QED) is 0.380. The normalized spacial score (nSPS) is 14.6. The summed E-state index contributed by atoms with van der Waals surface area (Å²) in [4.78, 5) is 18.2. The van der Waals surface area contributed by atoms with Crippen LogP contribution in [0.5, 0.6) is 5.75 Å². The Bertz CT molecular complexity index is 1290. The number of amides is 1. The minimum absolute atomic E-state index is 0.122. The number of hydrogen-bond donors (Lipinski definition) is 0. The number of hydrogen-bond acceptors (Lipinski definition) is 5. The van der Waals surface area contributed by atoms with E-state index in [1.165, 1.54) is 22.3 Å². The third-order valence-corrected chi connectivity index (χ3v) is 7.38. The van der Waals surface area contributed by atoms with Gasteiger partial charge in [0.05, 0.1) is 10.6 Å². The topological polar surface area (TPSA) is 50.6 Å². The first-order chi connectivity index (χ1) is 16.6. The van der Waals surface area contributed by atoms with Crippen molar-refractivity contribution in [3.8, 4) is 5.75 Å². The van der Waals surface area contributed by atoms with Gasteiger partial charge in [0.15, 0.2) is 0 Å². The van der Waals surface area contributed by atoms with Crippen LogP contribution in [0.3, 0.4) is 0 Å². The predicted octanol–water partition coefficient (Wildman–Crippen LogP) is 4.96. The zero-order valence-electron chi connectivity index (χ0n) is 19.7. The number of piperazine rings is 1. The number of thiophene rings is 1. The summed E-state index contributed by atoms with van der Waals surface area (Å²) < 4.78 is 7.99. The van der Waals surface area contributed by atoms with Crippen LogP contribution in [0.25, 0.3) is 10.8 Å². The maximum atomic E-state index is 13.1. The number of nitrogens with zero attached hydrogens (tertiary/aromatic N) is 4. The van der Waals surface area contributed by atoms with Crippen LogP contribution in [-0.4, -0.2) is 51.7 Å². The van der Waals surface area contributed by atoms with E-state index < -0.39 is 0 Å². The van der Waals surface area contributed by atoms with Crippen molar-refractivity contribution in [2.75, 3.05) is 26.2 Å². The second-order valence-electron chi connectivity index (χ2n) is 8.78. The van der Waals surface area contributed by atoms with Crippen molar-refractivity contribution in [3.63, 3.8) is 0 Å². The van der Waals surface area contributed by atoms with Gasteiger partial charge in [0, 0.05) is 56.6 Å². The monoisotopic (exact) mass is 474 g/mol. The van der Waals surface area contributed by atoms with Gasteiger partial charge in [-0.2, -0.15) is 5.10 Å². The van der Waals surface area contributed by atoms with Gasteiger partial charge in [0.2, 0.25) is 0 Å². The van der Waals surface area contributed by atoms with Gasteiger partial charge in [-0.1, -0.05) is 30.3 Å². The lowest BCUT2D eigenvalue weighted by Gasteiger charge is -2.34. The number of carbonyl (C=O) groups excluding carboxylic acids is 1. The molecule has 4 aromatic rings. The molecule has 1 amide bonds. The molecule has 1 aliphatic rings. The molecule has 1 aliphatic heterocycles. The lowest BCUT2D eigenvalue weighted by Crippen LogP contribution is -2.48. The van der Waals surface area contributed by atoms with E-state index in [0.717, 1.165) is 66.5 Å². The Balaban J connectivity index is 1.13. The van der Waals surface area contributed by atoms with Crippen LogP contribution < -0.4 is 4.74 Å². The molecule has 7 heteroatoms. The van der Waals surface area contributed by atoms with Crippen LogP contribution in [0.15, 0.2) is 60.1 Å². The van der Waals surface area contributed by atoms with Crippen molar-refractivity contribution < 1.29 is 9.53 Å². The zero-order valence-corrected chi connectivity index (χ0v) is 20.6. The Morgan fingerprint density at radius 3 is 2.62 bits per heavy atom. The Labute approximate surface area is 204 Å². The van der Waals surface area contributed by atoms with Crippen molar-refractivity contribution in [3.05, 3.63) is 81.8 Å². The van der Waals surface area contributed by atoms with Crippen molar-refractivity contribution >= 4 is 28.0 Å². The summed E-state index contributed by atoms with van der Waals surface area (Å²) in [5, 5.41) is 8.93. The van der Waals surface area contributed by atoms with E-state index >= 15 is 0 Å². The van der Waals surface area contributed by atoms with Crippen LogP contribution in [0.1, 0.15) is 33.4 Å². The van der Waals surface area contributed by atoms with Crippen molar-refractivity contribution in [2.24, 2.45) is 0 Å². The summed E-state index contributed by atoms with van der Waals surface area (Å²) in [6.45, 7) is 9.67. The zero-order chi connectivity index (χ0) is 23.5. The fraction of sp³-hybridized carbons (Fsp3) is 0.333. The molecule has 0 unspecified atom stereocenters. The van der Waals surface area contributed by atoms with Crippen LogP contribution in [-0.2, 0) is 19.7 Å². The standard InChI is InChI=1S/C27H30N4O2S/c1-3-31-17-24(20(2)28-31)16-29-10-12-30(13-11-29)27(32)26-14-21(19-34-26)18-33-25-9-8-22-6-4-5-7-23(22)15-25/h4-9,14-15,17,19H,3,10-13,16,18H2,1-2H3. The second kappa shape index (κ2) is 9.99. The Hall–Kier alpha value is -3.16. The van der Waals surface area contributed by atoms with Gasteiger partial charge in [-0.25, -0.2) is 0 Å². The molecule has 0 atom stereocenters. The average Bonchev–Trinajstić information content (AvgIpc) is 3.49. The summed E-state index contributed by atoms with van der Waals surface area (Å²) >= 11 is 1.50. The summed E-state index contributed by atoms with van der Waals surface area (Å²) in [6, 6.07) is 16.3. The van der Waals surface area contributed by atoms with E-state index in [1.807, 2.05) is 39.2 Å². The van der Waals surface area contributed by atoms with Crippen molar-refractivity contribution in [1.29, 1.82) is 0 Å². The summed E-state index contributed by atoms with van der Waals surface area (Å²) in [6.07, 6.45) is 2.14. The minimum Gasteiger partial charge on any atom is -0.489 e. The van der Waals surface area contributed by atoms with Crippen LogP contribution >= 0.6 is 11.3 Å². The highest BCUT2D eigenvalue weighted by molar-refractivity contribution is 7.12. The molecular formula is C27H30N4O2S. The molecule has 0 radical (unpaired) electrons. The number of carbonyl (C=O) groups is 1. The molecule has 2 aromatic carbocycles. The second-order valence-corrected chi connectivity index (χ2v) is 9.69.